The number of aliphatic hydroxyl groups is 1. The Labute approximate surface area is 124 Å². The Kier molecular flexibility index (Phi) is 3.96. The van der Waals surface area contributed by atoms with E-state index in [0.717, 1.165) is 24.8 Å². The van der Waals surface area contributed by atoms with Gasteiger partial charge in [-0.3, -0.25) is 4.79 Å². The van der Waals surface area contributed by atoms with E-state index in [1.165, 1.54) is 0 Å². The summed E-state index contributed by atoms with van der Waals surface area (Å²) in [4.78, 5) is 12.5. The van der Waals surface area contributed by atoms with Crippen LogP contribution in [0.5, 0.6) is 0 Å². The summed E-state index contributed by atoms with van der Waals surface area (Å²) in [5, 5.41) is 11.9. The summed E-state index contributed by atoms with van der Waals surface area (Å²) in [5.41, 5.74) is 2.23. The van der Waals surface area contributed by atoms with Crippen molar-refractivity contribution in [2.75, 3.05) is 6.61 Å². The van der Waals surface area contributed by atoms with Gasteiger partial charge in [0.25, 0.3) is 5.91 Å². The lowest BCUT2D eigenvalue weighted by Gasteiger charge is -2.20. The smallest absolute Gasteiger partial charge is 0.252 e. The van der Waals surface area contributed by atoms with Gasteiger partial charge in [0.05, 0.1) is 23.8 Å². The molecule has 110 valence electrons. The number of fused-ring (bicyclic) bond motifs is 2. The fourth-order valence-corrected chi connectivity index (χ4v) is 3.13. The third kappa shape index (κ3) is 2.94. The van der Waals surface area contributed by atoms with E-state index in [1.807, 2.05) is 25.1 Å². The highest BCUT2D eigenvalue weighted by molar-refractivity contribution is 5.97. The van der Waals surface area contributed by atoms with Gasteiger partial charge in [-0.1, -0.05) is 23.5 Å². The van der Waals surface area contributed by atoms with Gasteiger partial charge >= 0.3 is 0 Å². The molecule has 0 radical (unpaired) electrons. The van der Waals surface area contributed by atoms with Crippen LogP contribution in [0.25, 0.3) is 0 Å². The van der Waals surface area contributed by atoms with E-state index in [2.05, 4.69) is 17.2 Å². The number of hydrogen-bond acceptors (Lipinski definition) is 3. The summed E-state index contributed by atoms with van der Waals surface area (Å²) in [5.74, 6) is 5.33. The van der Waals surface area contributed by atoms with Crippen molar-refractivity contribution in [2.24, 2.45) is 0 Å². The highest BCUT2D eigenvalue weighted by atomic mass is 16.5. The molecule has 3 atom stereocenters. The monoisotopic (exact) mass is 285 g/mol. The Bertz CT molecular complexity index is 614. The van der Waals surface area contributed by atoms with Crippen molar-refractivity contribution in [1.29, 1.82) is 0 Å². The molecule has 0 aromatic heterocycles. The molecule has 4 heteroatoms. The topological polar surface area (TPSA) is 58.6 Å². The summed E-state index contributed by atoms with van der Waals surface area (Å²) in [6, 6.07) is 5.68. The zero-order valence-electron chi connectivity index (χ0n) is 12.1. The van der Waals surface area contributed by atoms with Gasteiger partial charge in [-0.15, -0.1) is 0 Å². The maximum Gasteiger partial charge on any atom is 0.252 e. The molecule has 2 N–H and O–H groups in total. The number of amides is 1. The van der Waals surface area contributed by atoms with E-state index < -0.39 is 0 Å². The molecule has 1 aromatic carbocycles. The highest BCUT2D eigenvalue weighted by Gasteiger charge is 2.41. The zero-order chi connectivity index (χ0) is 14.8. The van der Waals surface area contributed by atoms with Crippen molar-refractivity contribution < 1.29 is 14.6 Å². The molecule has 2 aliphatic heterocycles. The summed E-state index contributed by atoms with van der Waals surface area (Å²) in [6.07, 6.45) is 3.51. The maximum absolute atomic E-state index is 12.5. The molecule has 21 heavy (non-hydrogen) atoms. The minimum Gasteiger partial charge on any atom is -0.384 e. The van der Waals surface area contributed by atoms with Crippen LogP contribution in [0.1, 0.15) is 40.7 Å². The SMILES string of the molecule is Cc1ccc(C#CCO)c(C(=O)NC2CC3CCC2O3)c1. The lowest BCUT2D eigenvalue weighted by atomic mass is 9.95. The van der Waals surface area contributed by atoms with E-state index in [0.29, 0.717) is 17.2 Å². The van der Waals surface area contributed by atoms with Crippen LogP contribution in [0, 0.1) is 18.8 Å². The van der Waals surface area contributed by atoms with E-state index in [4.69, 9.17) is 9.84 Å². The molecule has 3 rings (SSSR count). The van der Waals surface area contributed by atoms with Crippen LogP contribution in [0.15, 0.2) is 18.2 Å². The number of carbonyl (C=O) groups is 1. The third-order valence-corrected chi connectivity index (χ3v) is 4.14. The summed E-state index contributed by atoms with van der Waals surface area (Å²) in [6.45, 7) is 1.73. The molecule has 1 aromatic rings. The number of rotatable bonds is 2. The molecular weight excluding hydrogens is 266 g/mol. The minimum absolute atomic E-state index is 0.107. The van der Waals surface area contributed by atoms with Crippen molar-refractivity contribution in [1.82, 2.24) is 5.32 Å². The van der Waals surface area contributed by atoms with Crippen molar-refractivity contribution >= 4 is 5.91 Å². The zero-order valence-corrected chi connectivity index (χ0v) is 12.1. The number of hydrogen-bond donors (Lipinski definition) is 2. The van der Waals surface area contributed by atoms with Crippen LogP contribution in [0.2, 0.25) is 0 Å². The lowest BCUT2D eigenvalue weighted by molar-refractivity contribution is 0.0840. The first-order chi connectivity index (χ1) is 10.2. The predicted octanol–water partition coefficient (Wildman–Crippen LogP) is 1.39. The second-order valence-corrected chi connectivity index (χ2v) is 5.70. The molecule has 4 nitrogen and oxygen atoms in total. The van der Waals surface area contributed by atoms with Gasteiger partial charge in [-0.2, -0.15) is 0 Å². The molecule has 2 heterocycles. The van der Waals surface area contributed by atoms with Gasteiger partial charge in [0, 0.05) is 5.56 Å². The summed E-state index contributed by atoms with van der Waals surface area (Å²) in [7, 11) is 0. The first kappa shape index (κ1) is 14.1. The van der Waals surface area contributed by atoms with E-state index in [9.17, 15) is 4.79 Å². The third-order valence-electron chi connectivity index (χ3n) is 4.14. The second-order valence-electron chi connectivity index (χ2n) is 5.70. The Morgan fingerprint density at radius 1 is 1.48 bits per heavy atom. The molecule has 2 saturated heterocycles. The molecule has 2 fully saturated rings. The number of aliphatic hydroxyl groups excluding tert-OH is 1. The van der Waals surface area contributed by atoms with Gasteiger partial charge in [0.2, 0.25) is 0 Å². The maximum atomic E-state index is 12.5. The fraction of sp³-hybridized carbons (Fsp3) is 0.471. The van der Waals surface area contributed by atoms with Crippen LogP contribution in [0.3, 0.4) is 0 Å². The van der Waals surface area contributed by atoms with Gasteiger partial charge in [0.1, 0.15) is 6.61 Å². The molecule has 0 spiro atoms. The normalized spacial score (nSPS) is 26.3. The standard InChI is InChI=1S/C17H19NO3/c1-11-4-5-12(3-2-8-19)14(9-11)17(20)18-15-10-13-6-7-16(15)21-13/h4-5,9,13,15-16,19H,6-8,10H2,1H3,(H,18,20). The fourth-order valence-electron chi connectivity index (χ4n) is 3.13. The van der Waals surface area contributed by atoms with Gasteiger partial charge in [0.15, 0.2) is 0 Å². The van der Waals surface area contributed by atoms with Crippen molar-refractivity contribution in [3.8, 4) is 11.8 Å². The first-order valence-corrected chi connectivity index (χ1v) is 7.34. The van der Waals surface area contributed by atoms with E-state index >= 15 is 0 Å². The average Bonchev–Trinajstić information content (AvgIpc) is 3.08. The molecule has 0 aliphatic carbocycles. The van der Waals surface area contributed by atoms with Crippen molar-refractivity contribution in [3.05, 3.63) is 34.9 Å². The lowest BCUT2D eigenvalue weighted by Crippen LogP contribution is -2.41. The molecule has 1 amide bonds. The highest BCUT2D eigenvalue weighted by Crippen LogP contribution is 2.34. The number of carbonyl (C=O) groups excluding carboxylic acids is 1. The predicted molar refractivity (Wildman–Crippen MR) is 78.9 cm³/mol. The Balaban J connectivity index is 1.78. The number of benzene rings is 1. The van der Waals surface area contributed by atoms with E-state index in [-0.39, 0.29) is 24.7 Å². The molecule has 2 aliphatic rings. The van der Waals surface area contributed by atoms with Gasteiger partial charge in [-0.05, 0) is 38.3 Å². The number of aryl methyl sites for hydroxylation is 1. The molecule has 2 bridgehead atoms. The largest absolute Gasteiger partial charge is 0.384 e. The average molecular weight is 285 g/mol. The number of nitrogens with one attached hydrogen (secondary N) is 1. The molecular formula is C17H19NO3. The molecule has 3 unspecified atom stereocenters. The quantitative estimate of drug-likeness (QED) is 0.807. The summed E-state index contributed by atoms with van der Waals surface area (Å²) < 4.78 is 5.76. The van der Waals surface area contributed by atoms with Gasteiger partial charge < -0.3 is 15.2 Å². The van der Waals surface area contributed by atoms with Crippen LogP contribution in [0.4, 0.5) is 0 Å². The second kappa shape index (κ2) is 5.88. The Morgan fingerprint density at radius 2 is 2.33 bits per heavy atom. The number of ether oxygens (including phenoxy) is 1. The Morgan fingerprint density at radius 3 is 3.00 bits per heavy atom. The minimum atomic E-state index is -0.213. The van der Waals surface area contributed by atoms with Crippen LogP contribution in [-0.4, -0.2) is 35.9 Å². The van der Waals surface area contributed by atoms with Crippen LogP contribution in [-0.2, 0) is 4.74 Å². The first-order valence-electron chi connectivity index (χ1n) is 7.34. The van der Waals surface area contributed by atoms with Crippen LogP contribution >= 0.6 is 0 Å². The van der Waals surface area contributed by atoms with Crippen LogP contribution < -0.4 is 5.32 Å². The van der Waals surface area contributed by atoms with Gasteiger partial charge in [-0.25, -0.2) is 0 Å². The van der Waals surface area contributed by atoms with E-state index in [1.54, 1.807) is 0 Å². The summed E-state index contributed by atoms with van der Waals surface area (Å²) >= 11 is 0. The van der Waals surface area contributed by atoms with Crippen molar-refractivity contribution in [2.45, 2.75) is 44.4 Å². The van der Waals surface area contributed by atoms with Crippen molar-refractivity contribution in [3.63, 3.8) is 0 Å². The Hall–Kier alpha value is -1.83. The molecule has 0 saturated carbocycles.